The van der Waals surface area contributed by atoms with Crippen LogP contribution >= 0.6 is 0 Å². The molecule has 0 aromatic heterocycles. The Bertz CT molecular complexity index is 336. The maximum atomic E-state index is 11.9. The summed E-state index contributed by atoms with van der Waals surface area (Å²) in [6.45, 7) is 0.705. The van der Waals surface area contributed by atoms with Crippen LogP contribution in [0.1, 0.15) is 12.8 Å². The van der Waals surface area contributed by atoms with Gasteiger partial charge in [-0.2, -0.15) is 0 Å². The summed E-state index contributed by atoms with van der Waals surface area (Å²) in [6, 6.07) is -0.274. The SMILES string of the molecule is COC(=O)CN(C)C(=O)N1CCC(C(=O)O)CC1. The van der Waals surface area contributed by atoms with E-state index in [4.69, 9.17) is 5.11 Å². The monoisotopic (exact) mass is 258 g/mol. The van der Waals surface area contributed by atoms with Crippen molar-refractivity contribution in [1.29, 1.82) is 0 Å². The smallest absolute Gasteiger partial charge is 0.325 e. The largest absolute Gasteiger partial charge is 0.481 e. The summed E-state index contributed by atoms with van der Waals surface area (Å²) >= 11 is 0. The van der Waals surface area contributed by atoms with E-state index < -0.39 is 11.9 Å². The van der Waals surface area contributed by atoms with Crippen LogP contribution in [-0.2, 0) is 14.3 Å². The summed E-state index contributed by atoms with van der Waals surface area (Å²) in [4.78, 5) is 36.6. The van der Waals surface area contributed by atoms with Crippen molar-refractivity contribution in [3.63, 3.8) is 0 Å². The second kappa shape index (κ2) is 6.23. The van der Waals surface area contributed by atoms with Crippen molar-refractivity contribution in [3.05, 3.63) is 0 Å². The maximum absolute atomic E-state index is 11.9. The number of likely N-dealkylation sites (N-methyl/N-ethyl adjacent to an activating group) is 1. The standard InChI is InChI=1S/C11H18N2O5/c1-12(7-9(14)18-2)11(17)13-5-3-8(4-6-13)10(15)16/h8H,3-7H2,1-2H3,(H,15,16). The molecular formula is C11H18N2O5. The molecule has 0 saturated carbocycles. The molecule has 102 valence electrons. The lowest BCUT2D eigenvalue weighted by Crippen LogP contribution is -2.47. The molecule has 0 aromatic rings. The van der Waals surface area contributed by atoms with E-state index in [1.54, 1.807) is 4.90 Å². The molecule has 0 aliphatic carbocycles. The number of urea groups is 1. The fourth-order valence-corrected chi connectivity index (χ4v) is 1.88. The number of ether oxygens (including phenoxy) is 1. The highest BCUT2D eigenvalue weighted by atomic mass is 16.5. The van der Waals surface area contributed by atoms with Gasteiger partial charge in [-0.15, -0.1) is 0 Å². The van der Waals surface area contributed by atoms with Gasteiger partial charge in [0.2, 0.25) is 0 Å². The van der Waals surface area contributed by atoms with Crippen LogP contribution in [0.4, 0.5) is 4.79 Å². The van der Waals surface area contributed by atoms with Gasteiger partial charge in [0.05, 0.1) is 13.0 Å². The first-order chi connectivity index (χ1) is 8.45. The fraction of sp³-hybridized carbons (Fsp3) is 0.727. The number of methoxy groups -OCH3 is 1. The minimum atomic E-state index is -0.815. The highest BCUT2D eigenvalue weighted by molar-refractivity contribution is 5.81. The van der Waals surface area contributed by atoms with Gasteiger partial charge < -0.3 is 19.6 Å². The van der Waals surface area contributed by atoms with Gasteiger partial charge in [-0.3, -0.25) is 9.59 Å². The number of esters is 1. The molecule has 1 aliphatic heterocycles. The van der Waals surface area contributed by atoms with Crippen molar-refractivity contribution in [2.45, 2.75) is 12.8 Å². The molecule has 1 fully saturated rings. The molecular weight excluding hydrogens is 240 g/mol. The number of carboxylic acids is 1. The highest BCUT2D eigenvalue weighted by Gasteiger charge is 2.28. The van der Waals surface area contributed by atoms with Crippen LogP contribution in [0.25, 0.3) is 0 Å². The van der Waals surface area contributed by atoms with Gasteiger partial charge >= 0.3 is 18.0 Å². The van der Waals surface area contributed by atoms with E-state index in [-0.39, 0.29) is 18.5 Å². The Hall–Kier alpha value is -1.79. The van der Waals surface area contributed by atoms with E-state index in [2.05, 4.69) is 4.74 Å². The Morgan fingerprint density at radius 3 is 2.33 bits per heavy atom. The van der Waals surface area contributed by atoms with Crippen molar-refractivity contribution >= 4 is 18.0 Å². The van der Waals surface area contributed by atoms with Gasteiger partial charge in [-0.05, 0) is 12.8 Å². The predicted molar refractivity (Wildman–Crippen MR) is 62.0 cm³/mol. The summed E-state index contributed by atoms with van der Waals surface area (Å²) in [7, 11) is 2.78. The second-order valence-electron chi connectivity index (χ2n) is 4.31. The molecule has 7 heteroatoms. The molecule has 1 aliphatic rings. The van der Waals surface area contributed by atoms with Gasteiger partial charge in [-0.1, -0.05) is 0 Å². The molecule has 7 nitrogen and oxygen atoms in total. The highest BCUT2D eigenvalue weighted by Crippen LogP contribution is 2.18. The second-order valence-corrected chi connectivity index (χ2v) is 4.31. The lowest BCUT2D eigenvalue weighted by atomic mass is 9.97. The van der Waals surface area contributed by atoms with Gasteiger partial charge in [0.25, 0.3) is 0 Å². The first-order valence-electron chi connectivity index (χ1n) is 5.75. The minimum Gasteiger partial charge on any atom is -0.481 e. The van der Waals surface area contributed by atoms with Crippen LogP contribution < -0.4 is 0 Å². The van der Waals surface area contributed by atoms with E-state index >= 15 is 0 Å². The van der Waals surface area contributed by atoms with Crippen LogP contribution in [0.15, 0.2) is 0 Å². The molecule has 0 radical (unpaired) electrons. The van der Waals surface area contributed by atoms with E-state index in [0.717, 1.165) is 0 Å². The van der Waals surface area contributed by atoms with Crippen molar-refractivity contribution in [2.24, 2.45) is 5.92 Å². The van der Waals surface area contributed by atoms with Crippen molar-refractivity contribution in [1.82, 2.24) is 9.80 Å². The zero-order valence-corrected chi connectivity index (χ0v) is 10.6. The van der Waals surface area contributed by atoms with Crippen LogP contribution in [0.3, 0.4) is 0 Å². The number of nitrogens with zero attached hydrogens (tertiary/aromatic N) is 2. The average Bonchev–Trinajstić information content (AvgIpc) is 2.37. The number of carbonyl (C=O) groups is 3. The molecule has 18 heavy (non-hydrogen) atoms. The Kier molecular flexibility index (Phi) is 4.94. The summed E-state index contributed by atoms with van der Waals surface area (Å²) < 4.78 is 4.48. The van der Waals surface area contributed by atoms with E-state index in [1.807, 2.05) is 0 Å². The quantitative estimate of drug-likeness (QED) is 0.720. The third-order valence-corrected chi connectivity index (χ3v) is 3.04. The Morgan fingerprint density at radius 1 is 1.33 bits per heavy atom. The maximum Gasteiger partial charge on any atom is 0.325 e. The summed E-state index contributed by atoms with van der Waals surface area (Å²) in [5.74, 6) is -1.67. The lowest BCUT2D eigenvalue weighted by Gasteiger charge is -2.32. The lowest BCUT2D eigenvalue weighted by molar-refractivity contribution is -0.143. The number of piperidine rings is 1. The first kappa shape index (κ1) is 14.3. The zero-order valence-electron chi connectivity index (χ0n) is 10.6. The molecule has 0 atom stereocenters. The van der Waals surface area contributed by atoms with Crippen molar-refractivity contribution in [2.75, 3.05) is 33.8 Å². The zero-order chi connectivity index (χ0) is 13.7. The minimum absolute atomic E-state index is 0.103. The number of likely N-dealkylation sites (tertiary alicyclic amines) is 1. The van der Waals surface area contributed by atoms with Crippen LogP contribution in [0.2, 0.25) is 0 Å². The summed E-state index contributed by atoms with van der Waals surface area (Å²) in [5, 5.41) is 8.85. The Morgan fingerprint density at radius 2 is 1.89 bits per heavy atom. The molecule has 1 N–H and O–H groups in total. The number of amides is 2. The summed E-state index contributed by atoms with van der Waals surface area (Å²) in [5.41, 5.74) is 0. The number of carbonyl (C=O) groups excluding carboxylic acids is 2. The van der Waals surface area contributed by atoms with Gasteiger partial charge in [-0.25, -0.2) is 4.79 Å². The molecule has 1 heterocycles. The third-order valence-electron chi connectivity index (χ3n) is 3.04. The van der Waals surface area contributed by atoms with E-state index in [1.165, 1.54) is 19.1 Å². The number of hydrogen-bond acceptors (Lipinski definition) is 4. The predicted octanol–water partition coefficient (Wildman–Crippen LogP) is 0.00780. The molecule has 2 amide bonds. The number of aliphatic carboxylic acids is 1. The number of carboxylic acid groups (broad SMARTS) is 1. The molecule has 1 rings (SSSR count). The van der Waals surface area contributed by atoms with Crippen molar-refractivity contribution < 1.29 is 24.2 Å². The summed E-state index contributed by atoms with van der Waals surface area (Å²) in [6.07, 6.45) is 0.903. The Balaban J connectivity index is 2.44. The third kappa shape index (κ3) is 3.61. The molecule has 1 saturated heterocycles. The normalized spacial score (nSPS) is 16.2. The van der Waals surface area contributed by atoms with Crippen LogP contribution in [0, 0.1) is 5.92 Å². The van der Waals surface area contributed by atoms with Gasteiger partial charge in [0, 0.05) is 20.1 Å². The van der Waals surface area contributed by atoms with Crippen molar-refractivity contribution in [3.8, 4) is 0 Å². The topological polar surface area (TPSA) is 87.2 Å². The molecule has 0 bridgehead atoms. The van der Waals surface area contributed by atoms with Crippen LogP contribution in [-0.4, -0.2) is 66.7 Å². The fourth-order valence-electron chi connectivity index (χ4n) is 1.88. The number of hydrogen-bond donors (Lipinski definition) is 1. The van der Waals surface area contributed by atoms with Gasteiger partial charge in [0.1, 0.15) is 6.54 Å². The first-order valence-corrected chi connectivity index (χ1v) is 5.75. The number of rotatable bonds is 3. The molecule has 0 aromatic carbocycles. The van der Waals surface area contributed by atoms with E-state index in [9.17, 15) is 14.4 Å². The average molecular weight is 258 g/mol. The Labute approximate surface area is 105 Å². The van der Waals surface area contributed by atoms with Gasteiger partial charge in [0.15, 0.2) is 0 Å². The molecule has 0 spiro atoms. The van der Waals surface area contributed by atoms with E-state index in [0.29, 0.717) is 25.9 Å². The molecule has 0 unspecified atom stereocenters. The van der Waals surface area contributed by atoms with Crippen LogP contribution in [0.5, 0.6) is 0 Å².